The van der Waals surface area contributed by atoms with Crippen LogP contribution in [-0.4, -0.2) is 47.1 Å². The molecule has 18 heavy (non-hydrogen) atoms. The van der Waals surface area contributed by atoms with Crippen molar-refractivity contribution in [1.82, 2.24) is 20.2 Å². The van der Waals surface area contributed by atoms with Gasteiger partial charge < -0.3 is 10.3 Å². The number of piperazine rings is 1. The fourth-order valence-electron chi connectivity index (χ4n) is 3.54. The van der Waals surface area contributed by atoms with Gasteiger partial charge in [0.05, 0.1) is 0 Å². The lowest BCUT2D eigenvalue weighted by Gasteiger charge is -2.38. The number of nitrogens with zero attached hydrogens (tertiary/aromatic N) is 2. The van der Waals surface area contributed by atoms with Crippen LogP contribution < -0.4 is 5.32 Å². The summed E-state index contributed by atoms with van der Waals surface area (Å²) in [7, 11) is 0. The molecule has 0 spiro atoms. The predicted octanol–water partition coefficient (Wildman–Crippen LogP) is 1.73. The van der Waals surface area contributed by atoms with Crippen molar-refractivity contribution >= 4 is 0 Å². The third-order valence-corrected chi connectivity index (χ3v) is 4.47. The molecule has 1 saturated carbocycles. The van der Waals surface area contributed by atoms with Crippen molar-refractivity contribution in [3.8, 4) is 0 Å². The van der Waals surface area contributed by atoms with E-state index in [1.807, 2.05) is 12.4 Å². The molecule has 2 heterocycles. The third kappa shape index (κ3) is 2.59. The molecule has 4 nitrogen and oxygen atoms in total. The SMILES string of the molecule is c1c[nH]c(C2CCCCCC2N2CCNCC2)n1. The molecule has 2 fully saturated rings. The Labute approximate surface area is 109 Å². The van der Waals surface area contributed by atoms with Crippen LogP contribution in [0.2, 0.25) is 0 Å². The summed E-state index contributed by atoms with van der Waals surface area (Å²) in [5.74, 6) is 1.82. The molecule has 1 aliphatic carbocycles. The quantitative estimate of drug-likeness (QED) is 0.783. The van der Waals surface area contributed by atoms with Crippen LogP contribution in [0.1, 0.15) is 43.8 Å². The van der Waals surface area contributed by atoms with E-state index in [4.69, 9.17) is 0 Å². The van der Waals surface area contributed by atoms with E-state index < -0.39 is 0 Å². The minimum Gasteiger partial charge on any atom is -0.348 e. The molecular weight excluding hydrogens is 224 g/mol. The average molecular weight is 248 g/mol. The molecule has 1 aromatic rings. The highest BCUT2D eigenvalue weighted by molar-refractivity contribution is 5.04. The number of hydrogen-bond donors (Lipinski definition) is 2. The van der Waals surface area contributed by atoms with Crippen molar-refractivity contribution in [2.45, 2.75) is 44.1 Å². The van der Waals surface area contributed by atoms with Gasteiger partial charge in [0.25, 0.3) is 0 Å². The first kappa shape index (κ1) is 12.2. The Kier molecular flexibility index (Phi) is 3.96. The van der Waals surface area contributed by atoms with Crippen LogP contribution in [0.3, 0.4) is 0 Å². The minimum atomic E-state index is 0.612. The van der Waals surface area contributed by atoms with Crippen LogP contribution in [-0.2, 0) is 0 Å². The highest BCUT2D eigenvalue weighted by atomic mass is 15.2. The minimum absolute atomic E-state index is 0.612. The molecule has 0 radical (unpaired) electrons. The molecule has 0 bridgehead atoms. The van der Waals surface area contributed by atoms with Gasteiger partial charge >= 0.3 is 0 Å². The fourth-order valence-corrected chi connectivity index (χ4v) is 3.54. The van der Waals surface area contributed by atoms with Crippen LogP contribution >= 0.6 is 0 Å². The van der Waals surface area contributed by atoms with Gasteiger partial charge in [-0.15, -0.1) is 0 Å². The van der Waals surface area contributed by atoms with Gasteiger partial charge in [0.2, 0.25) is 0 Å². The zero-order valence-electron chi connectivity index (χ0n) is 11.1. The number of rotatable bonds is 2. The molecule has 1 aromatic heterocycles. The first-order valence-corrected chi connectivity index (χ1v) is 7.39. The van der Waals surface area contributed by atoms with Gasteiger partial charge in [-0.2, -0.15) is 0 Å². The van der Waals surface area contributed by atoms with Gasteiger partial charge in [-0.25, -0.2) is 4.98 Å². The molecule has 3 rings (SSSR count). The molecule has 0 aromatic carbocycles. The largest absolute Gasteiger partial charge is 0.348 e. The van der Waals surface area contributed by atoms with Crippen molar-refractivity contribution in [3.05, 3.63) is 18.2 Å². The molecule has 2 atom stereocenters. The highest BCUT2D eigenvalue weighted by Crippen LogP contribution is 2.33. The summed E-state index contributed by atoms with van der Waals surface area (Å²) < 4.78 is 0. The van der Waals surface area contributed by atoms with Crippen LogP contribution in [0.5, 0.6) is 0 Å². The zero-order valence-corrected chi connectivity index (χ0v) is 11.1. The number of H-pyrrole nitrogens is 1. The van der Waals surface area contributed by atoms with Crippen molar-refractivity contribution < 1.29 is 0 Å². The van der Waals surface area contributed by atoms with E-state index in [1.54, 1.807) is 0 Å². The molecule has 1 aliphatic heterocycles. The second kappa shape index (κ2) is 5.85. The summed E-state index contributed by atoms with van der Waals surface area (Å²) in [6.45, 7) is 4.67. The molecule has 0 amide bonds. The number of hydrogen-bond acceptors (Lipinski definition) is 3. The monoisotopic (exact) mass is 248 g/mol. The smallest absolute Gasteiger partial charge is 0.110 e. The maximum absolute atomic E-state index is 4.53. The highest BCUT2D eigenvalue weighted by Gasteiger charge is 2.31. The van der Waals surface area contributed by atoms with E-state index in [9.17, 15) is 0 Å². The topological polar surface area (TPSA) is 44.0 Å². The summed E-state index contributed by atoms with van der Waals surface area (Å²) in [6.07, 6.45) is 10.6. The Bertz CT molecular complexity index is 343. The van der Waals surface area contributed by atoms with E-state index in [1.165, 1.54) is 51.0 Å². The van der Waals surface area contributed by atoms with E-state index >= 15 is 0 Å². The summed E-state index contributed by atoms with van der Waals surface area (Å²) in [6, 6.07) is 0.695. The first-order valence-electron chi connectivity index (χ1n) is 7.39. The number of aromatic nitrogens is 2. The Hall–Kier alpha value is -0.870. The van der Waals surface area contributed by atoms with Gasteiger partial charge in [0.15, 0.2) is 0 Å². The molecule has 2 aliphatic rings. The van der Waals surface area contributed by atoms with E-state index in [0.29, 0.717) is 12.0 Å². The van der Waals surface area contributed by atoms with Crippen LogP contribution in [0, 0.1) is 0 Å². The van der Waals surface area contributed by atoms with Gasteiger partial charge in [-0.1, -0.05) is 19.3 Å². The number of aromatic amines is 1. The Morgan fingerprint density at radius 3 is 2.72 bits per heavy atom. The summed E-state index contributed by atoms with van der Waals surface area (Å²) in [5.41, 5.74) is 0. The van der Waals surface area contributed by atoms with E-state index in [-0.39, 0.29) is 0 Å². The predicted molar refractivity (Wildman–Crippen MR) is 72.6 cm³/mol. The maximum atomic E-state index is 4.53. The van der Waals surface area contributed by atoms with Crippen molar-refractivity contribution in [2.24, 2.45) is 0 Å². The molecule has 100 valence electrons. The van der Waals surface area contributed by atoms with Gasteiger partial charge in [-0.05, 0) is 12.8 Å². The number of nitrogens with one attached hydrogen (secondary N) is 2. The first-order chi connectivity index (χ1) is 8.95. The normalized spacial score (nSPS) is 31.1. The zero-order chi connectivity index (χ0) is 12.2. The standard InChI is InChI=1S/C14H24N4/c1-2-4-12(14-16-6-7-17-14)13(5-3-1)18-10-8-15-9-11-18/h6-7,12-13,15H,1-5,8-11H2,(H,16,17). The Morgan fingerprint density at radius 2 is 1.94 bits per heavy atom. The lowest BCUT2D eigenvalue weighted by molar-refractivity contribution is 0.140. The lowest BCUT2D eigenvalue weighted by atomic mass is 9.92. The molecule has 4 heteroatoms. The molecule has 1 saturated heterocycles. The fraction of sp³-hybridized carbons (Fsp3) is 0.786. The Balaban J connectivity index is 1.77. The van der Waals surface area contributed by atoms with Crippen LogP contribution in [0.25, 0.3) is 0 Å². The van der Waals surface area contributed by atoms with Gasteiger partial charge in [-0.3, -0.25) is 4.90 Å². The van der Waals surface area contributed by atoms with E-state index in [0.717, 1.165) is 13.1 Å². The molecule has 2 unspecified atom stereocenters. The van der Waals surface area contributed by atoms with Gasteiger partial charge in [0.1, 0.15) is 5.82 Å². The van der Waals surface area contributed by atoms with Crippen LogP contribution in [0.15, 0.2) is 12.4 Å². The Morgan fingerprint density at radius 1 is 1.11 bits per heavy atom. The lowest BCUT2D eigenvalue weighted by Crippen LogP contribution is -2.50. The number of imidazole rings is 1. The van der Waals surface area contributed by atoms with Gasteiger partial charge in [0, 0.05) is 50.5 Å². The van der Waals surface area contributed by atoms with Crippen molar-refractivity contribution in [2.75, 3.05) is 26.2 Å². The summed E-state index contributed by atoms with van der Waals surface area (Å²) >= 11 is 0. The molecule has 2 N–H and O–H groups in total. The van der Waals surface area contributed by atoms with Crippen molar-refractivity contribution in [1.29, 1.82) is 0 Å². The average Bonchev–Trinajstić information content (AvgIpc) is 2.84. The summed E-state index contributed by atoms with van der Waals surface area (Å²) in [5, 5.41) is 3.45. The second-order valence-corrected chi connectivity index (χ2v) is 5.57. The van der Waals surface area contributed by atoms with E-state index in [2.05, 4.69) is 20.2 Å². The molecular formula is C14H24N4. The summed E-state index contributed by atoms with van der Waals surface area (Å²) in [4.78, 5) is 10.6. The maximum Gasteiger partial charge on any atom is 0.110 e. The van der Waals surface area contributed by atoms with Crippen molar-refractivity contribution in [3.63, 3.8) is 0 Å². The second-order valence-electron chi connectivity index (χ2n) is 5.57. The third-order valence-electron chi connectivity index (χ3n) is 4.47. The van der Waals surface area contributed by atoms with Crippen LogP contribution in [0.4, 0.5) is 0 Å².